The minimum atomic E-state index is -0.902. The maximum atomic E-state index is 15.2. The first-order valence-corrected chi connectivity index (χ1v) is 10.1. The number of halogens is 1. The van der Waals surface area contributed by atoms with Crippen LogP contribution in [-0.4, -0.2) is 37.7 Å². The van der Waals surface area contributed by atoms with Crippen LogP contribution in [0, 0.1) is 28.5 Å². The second kappa shape index (κ2) is 9.13. The molecule has 7 nitrogen and oxygen atoms in total. The fraction of sp³-hybridized carbons (Fsp3) is 0.348. The predicted octanol–water partition coefficient (Wildman–Crippen LogP) is 2.19. The Morgan fingerprint density at radius 3 is 2.94 bits per heavy atom. The highest BCUT2D eigenvalue weighted by molar-refractivity contribution is 5.82. The summed E-state index contributed by atoms with van der Waals surface area (Å²) in [4.78, 5) is 12.4. The summed E-state index contributed by atoms with van der Waals surface area (Å²) in [7, 11) is 0. The van der Waals surface area contributed by atoms with E-state index in [0.29, 0.717) is 24.3 Å². The zero-order chi connectivity index (χ0) is 21.8. The third-order valence-corrected chi connectivity index (χ3v) is 5.41. The molecule has 2 heterocycles. The van der Waals surface area contributed by atoms with Crippen molar-refractivity contribution >= 4 is 5.91 Å². The van der Waals surface area contributed by atoms with Crippen molar-refractivity contribution in [1.82, 2.24) is 10.6 Å². The maximum absolute atomic E-state index is 15.2. The minimum Gasteiger partial charge on any atom is -0.485 e. The lowest BCUT2D eigenvalue weighted by Gasteiger charge is -2.23. The van der Waals surface area contributed by atoms with Crippen LogP contribution < -0.4 is 15.4 Å². The van der Waals surface area contributed by atoms with E-state index in [-0.39, 0.29) is 24.3 Å². The van der Waals surface area contributed by atoms with Crippen molar-refractivity contribution in [2.75, 3.05) is 19.7 Å². The quantitative estimate of drug-likeness (QED) is 0.785. The lowest BCUT2D eigenvalue weighted by atomic mass is 9.93. The van der Waals surface area contributed by atoms with Crippen molar-refractivity contribution in [2.24, 2.45) is 0 Å². The highest BCUT2D eigenvalue weighted by atomic mass is 19.1. The first-order valence-electron chi connectivity index (χ1n) is 10.1. The van der Waals surface area contributed by atoms with Gasteiger partial charge in [-0.1, -0.05) is 18.2 Å². The molecule has 0 saturated carbocycles. The van der Waals surface area contributed by atoms with Crippen molar-refractivity contribution in [2.45, 2.75) is 31.6 Å². The summed E-state index contributed by atoms with van der Waals surface area (Å²) in [5, 5.41) is 24.3. The third-order valence-electron chi connectivity index (χ3n) is 5.41. The molecule has 0 aliphatic carbocycles. The van der Waals surface area contributed by atoms with Crippen molar-refractivity contribution in [1.29, 1.82) is 10.5 Å². The molecule has 1 fully saturated rings. The zero-order valence-corrected chi connectivity index (χ0v) is 16.8. The van der Waals surface area contributed by atoms with E-state index in [1.807, 2.05) is 6.07 Å². The van der Waals surface area contributed by atoms with Gasteiger partial charge >= 0.3 is 0 Å². The number of nitrogens with zero attached hydrogens (tertiary/aromatic N) is 2. The van der Waals surface area contributed by atoms with Gasteiger partial charge in [-0.15, -0.1) is 0 Å². The van der Waals surface area contributed by atoms with Gasteiger partial charge in [0.1, 0.15) is 18.8 Å². The summed E-state index contributed by atoms with van der Waals surface area (Å²) in [5.41, 5.74) is 3.03. The summed E-state index contributed by atoms with van der Waals surface area (Å²) >= 11 is 0. The van der Waals surface area contributed by atoms with Gasteiger partial charge in [0.05, 0.1) is 17.7 Å². The molecule has 2 aromatic rings. The number of ether oxygens (including phenoxy) is 2. The van der Waals surface area contributed by atoms with E-state index < -0.39 is 23.9 Å². The van der Waals surface area contributed by atoms with Crippen LogP contribution >= 0.6 is 0 Å². The average Bonchev–Trinajstić information content (AvgIpc) is 3.09. The van der Waals surface area contributed by atoms with Gasteiger partial charge in [-0.2, -0.15) is 10.5 Å². The number of hydrogen-bond acceptors (Lipinski definition) is 6. The fourth-order valence-corrected chi connectivity index (χ4v) is 3.80. The summed E-state index contributed by atoms with van der Waals surface area (Å²) in [6.45, 7) is 1.77. The van der Waals surface area contributed by atoms with E-state index in [0.717, 1.165) is 24.1 Å². The van der Waals surface area contributed by atoms with Crippen LogP contribution in [0.4, 0.5) is 4.39 Å². The summed E-state index contributed by atoms with van der Waals surface area (Å²) in [6, 6.07) is 11.8. The standard InChI is InChI=1S/C23H21FN4O3/c24-21-15(9-17(11-26)28-23(29)20-12-27-6-1-7-30-20)3-5-19-18-4-2-14(10-25)8-16(18)13-31-22(19)21/h2-5,8,17,20,27H,1,6-7,9,12-13H2,(H,28,29)/t17?,20-/m0/s1. The smallest absolute Gasteiger partial charge is 0.251 e. The number of carbonyl (C=O) groups is 1. The molecule has 0 radical (unpaired) electrons. The second-order valence-electron chi connectivity index (χ2n) is 7.50. The molecule has 1 amide bonds. The monoisotopic (exact) mass is 420 g/mol. The Labute approximate surface area is 179 Å². The van der Waals surface area contributed by atoms with Gasteiger partial charge in [0.25, 0.3) is 5.91 Å². The van der Waals surface area contributed by atoms with E-state index in [1.54, 1.807) is 30.3 Å². The van der Waals surface area contributed by atoms with Gasteiger partial charge in [0.2, 0.25) is 0 Å². The van der Waals surface area contributed by atoms with Crippen molar-refractivity contribution in [3.8, 4) is 29.0 Å². The molecule has 2 aromatic carbocycles. The molecule has 2 N–H and O–H groups in total. The lowest BCUT2D eigenvalue weighted by molar-refractivity contribution is -0.132. The molecular formula is C23H21FN4O3. The van der Waals surface area contributed by atoms with Crippen LogP contribution in [0.2, 0.25) is 0 Å². The zero-order valence-electron chi connectivity index (χ0n) is 16.8. The van der Waals surface area contributed by atoms with E-state index in [1.165, 1.54) is 0 Å². The number of rotatable bonds is 4. The highest BCUT2D eigenvalue weighted by Crippen LogP contribution is 2.40. The van der Waals surface area contributed by atoms with Crippen LogP contribution in [-0.2, 0) is 22.6 Å². The van der Waals surface area contributed by atoms with Gasteiger partial charge in [-0.25, -0.2) is 4.39 Å². The first kappa shape index (κ1) is 20.8. The lowest BCUT2D eigenvalue weighted by Crippen LogP contribution is -2.46. The van der Waals surface area contributed by atoms with Crippen LogP contribution in [0.3, 0.4) is 0 Å². The molecule has 0 bridgehead atoms. The van der Waals surface area contributed by atoms with E-state index >= 15 is 4.39 Å². The van der Waals surface area contributed by atoms with E-state index in [4.69, 9.17) is 14.7 Å². The molecule has 158 valence electrons. The molecule has 8 heteroatoms. The van der Waals surface area contributed by atoms with Crippen LogP contribution in [0.1, 0.15) is 23.1 Å². The molecule has 2 atom stereocenters. The van der Waals surface area contributed by atoms with Crippen molar-refractivity contribution in [3.63, 3.8) is 0 Å². The Hall–Kier alpha value is -3.46. The van der Waals surface area contributed by atoms with Gasteiger partial charge in [0, 0.05) is 25.1 Å². The topological polar surface area (TPSA) is 107 Å². The average molecular weight is 420 g/mol. The van der Waals surface area contributed by atoms with Gasteiger partial charge in [-0.3, -0.25) is 4.79 Å². The number of hydrogen-bond donors (Lipinski definition) is 2. The predicted molar refractivity (Wildman–Crippen MR) is 109 cm³/mol. The second-order valence-corrected chi connectivity index (χ2v) is 7.50. The first-order chi connectivity index (χ1) is 15.1. The normalized spacial score (nSPS) is 18.2. The Balaban J connectivity index is 1.52. The molecule has 0 aromatic heterocycles. The van der Waals surface area contributed by atoms with Crippen molar-refractivity contribution < 1.29 is 18.7 Å². The number of nitrogens with one attached hydrogen (secondary N) is 2. The van der Waals surface area contributed by atoms with Crippen LogP contribution in [0.5, 0.6) is 5.75 Å². The van der Waals surface area contributed by atoms with Gasteiger partial charge in [0.15, 0.2) is 11.6 Å². The highest BCUT2D eigenvalue weighted by Gasteiger charge is 2.26. The minimum absolute atomic E-state index is 0.00505. The SMILES string of the molecule is N#Cc1ccc2c(c1)COc1c-2ccc(CC(C#N)NC(=O)[C@@H]2CNCCCO2)c1F. The number of nitriles is 2. The Morgan fingerprint density at radius 1 is 1.29 bits per heavy atom. The molecule has 0 spiro atoms. The van der Waals surface area contributed by atoms with Crippen LogP contribution in [0.25, 0.3) is 11.1 Å². The number of carbonyl (C=O) groups excluding carboxylic acids is 1. The molecule has 1 saturated heterocycles. The number of fused-ring (bicyclic) bond motifs is 3. The largest absolute Gasteiger partial charge is 0.485 e. The van der Waals surface area contributed by atoms with Gasteiger partial charge in [-0.05, 0) is 41.8 Å². The molecule has 2 aliphatic heterocycles. The summed E-state index contributed by atoms with van der Waals surface area (Å²) in [6.07, 6.45) is 0.141. The van der Waals surface area contributed by atoms with Crippen molar-refractivity contribution in [3.05, 3.63) is 52.8 Å². The molecule has 31 heavy (non-hydrogen) atoms. The number of amides is 1. The number of benzene rings is 2. The molecule has 4 rings (SSSR count). The maximum Gasteiger partial charge on any atom is 0.251 e. The van der Waals surface area contributed by atoms with Gasteiger partial charge < -0.3 is 20.1 Å². The third kappa shape index (κ3) is 4.36. The van der Waals surface area contributed by atoms with E-state index in [9.17, 15) is 10.1 Å². The Morgan fingerprint density at radius 2 is 2.13 bits per heavy atom. The Kier molecular flexibility index (Phi) is 6.13. The fourth-order valence-electron chi connectivity index (χ4n) is 3.80. The summed E-state index contributed by atoms with van der Waals surface area (Å²) < 4.78 is 26.4. The molecular weight excluding hydrogens is 399 g/mol. The molecule has 1 unspecified atom stereocenters. The van der Waals surface area contributed by atoms with E-state index in [2.05, 4.69) is 16.7 Å². The summed E-state index contributed by atoms with van der Waals surface area (Å²) in [5.74, 6) is -0.818. The molecule has 2 aliphatic rings. The Bertz CT molecular complexity index is 1080. The van der Waals surface area contributed by atoms with Crippen LogP contribution in [0.15, 0.2) is 30.3 Å².